The molecule has 0 radical (unpaired) electrons. The molecule has 0 saturated carbocycles. The average molecular weight is 337 g/mol. The Labute approximate surface area is 128 Å². The molecule has 1 saturated heterocycles. The van der Waals surface area contributed by atoms with Gasteiger partial charge in [-0.15, -0.1) is 4.83 Å². The molecular formula is C12H17ClN2O5S. The van der Waals surface area contributed by atoms with Gasteiger partial charge in [-0.05, 0) is 12.1 Å². The lowest BCUT2D eigenvalue weighted by molar-refractivity contribution is 0.0272. The van der Waals surface area contributed by atoms with Crippen LogP contribution in [0.15, 0.2) is 17.0 Å². The number of hydrogen-bond donors (Lipinski definition) is 2. The van der Waals surface area contributed by atoms with E-state index in [9.17, 15) is 13.5 Å². The van der Waals surface area contributed by atoms with Crippen LogP contribution in [-0.4, -0.2) is 51.9 Å². The minimum absolute atomic E-state index is 0.0858. The molecule has 118 valence electrons. The standard InChI is InChI=1S/C12H17ClN2O5S/c1-19-12-9(8-16)6-10(13)7-11(12)21(17,18)14-15-2-4-20-5-3-15/h6-7,14,16H,2-5,8H2,1H3. The predicted molar refractivity (Wildman–Crippen MR) is 76.6 cm³/mol. The van der Waals surface area contributed by atoms with Crippen LogP contribution in [0.25, 0.3) is 0 Å². The lowest BCUT2D eigenvalue weighted by Crippen LogP contribution is -2.48. The van der Waals surface area contributed by atoms with Crippen molar-refractivity contribution in [3.05, 3.63) is 22.7 Å². The van der Waals surface area contributed by atoms with E-state index in [1.807, 2.05) is 0 Å². The Hall–Kier alpha value is -0.900. The minimum atomic E-state index is -3.86. The highest BCUT2D eigenvalue weighted by molar-refractivity contribution is 7.89. The number of halogens is 1. The summed E-state index contributed by atoms with van der Waals surface area (Å²) in [7, 11) is -2.51. The fraction of sp³-hybridized carbons (Fsp3) is 0.500. The number of nitrogens with one attached hydrogen (secondary N) is 1. The summed E-state index contributed by atoms with van der Waals surface area (Å²) >= 11 is 5.91. The molecule has 0 aliphatic carbocycles. The van der Waals surface area contributed by atoms with Crippen molar-refractivity contribution < 1.29 is 23.0 Å². The maximum atomic E-state index is 12.5. The number of rotatable bonds is 5. The number of hydrogen-bond acceptors (Lipinski definition) is 6. The number of morpholine rings is 1. The van der Waals surface area contributed by atoms with Crippen molar-refractivity contribution in [2.45, 2.75) is 11.5 Å². The number of ether oxygens (including phenoxy) is 2. The van der Waals surface area contributed by atoms with Crippen LogP contribution >= 0.6 is 11.6 Å². The molecule has 1 aromatic rings. The SMILES string of the molecule is COc1c(CO)cc(Cl)cc1S(=O)(=O)NN1CCOCC1. The molecule has 1 heterocycles. The van der Waals surface area contributed by atoms with E-state index in [1.165, 1.54) is 19.2 Å². The molecule has 1 fully saturated rings. The molecule has 0 atom stereocenters. The fourth-order valence-electron chi connectivity index (χ4n) is 2.05. The van der Waals surface area contributed by atoms with E-state index in [2.05, 4.69) is 4.83 Å². The molecule has 0 unspecified atom stereocenters. The first kappa shape index (κ1) is 16.5. The van der Waals surface area contributed by atoms with E-state index in [0.29, 0.717) is 31.9 Å². The zero-order chi connectivity index (χ0) is 15.5. The quantitative estimate of drug-likeness (QED) is 0.807. The van der Waals surface area contributed by atoms with Crippen molar-refractivity contribution in [2.24, 2.45) is 0 Å². The molecule has 0 aromatic heterocycles. The summed E-state index contributed by atoms with van der Waals surface area (Å²) in [6, 6.07) is 2.76. The summed E-state index contributed by atoms with van der Waals surface area (Å²) in [5.74, 6) is 0.0858. The van der Waals surface area contributed by atoms with Gasteiger partial charge in [-0.3, -0.25) is 0 Å². The van der Waals surface area contributed by atoms with Gasteiger partial charge in [-0.2, -0.15) is 0 Å². The second-order valence-electron chi connectivity index (χ2n) is 4.45. The highest BCUT2D eigenvalue weighted by Gasteiger charge is 2.26. The van der Waals surface area contributed by atoms with Gasteiger partial charge in [0.25, 0.3) is 10.0 Å². The van der Waals surface area contributed by atoms with E-state index in [0.717, 1.165) is 0 Å². The second kappa shape index (κ2) is 6.91. The highest BCUT2D eigenvalue weighted by Crippen LogP contribution is 2.31. The van der Waals surface area contributed by atoms with Gasteiger partial charge in [-0.25, -0.2) is 13.4 Å². The summed E-state index contributed by atoms with van der Waals surface area (Å²) in [6.45, 7) is 1.45. The third-order valence-corrected chi connectivity index (χ3v) is 4.62. The molecule has 7 nitrogen and oxygen atoms in total. The van der Waals surface area contributed by atoms with E-state index in [1.54, 1.807) is 5.01 Å². The van der Waals surface area contributed by atoms with Crippen molar-refractivity contribution in [3.8, 4) is 5.75 Å². The van der Waals surface area contributed by atoms with Gasteiger partial charge in [0.2, 0.25) is 0 Å². The lowest BCUT2D eigenvalue weighted by atomic mass is 10.2. The third-order valence-electron chi connectivity index (χ3n) is 3.02. The molecule has 0 amide bonds. The second-order valence-corrected chi connectivity index (χ2v) is 6.51. The van der Waals surface area contributed by atoms with Crippen LogP contribution in [0.5, 0.6) is 5.75 Å². The van der Waals surface area contributed by atoms with Gasteiger partial charge in [0.1, 0.15) is 10.6 Å². The number of hydrazine groups is 1. The summed E-state index contributed by atoms with van der Waals surface area (Å²) in [6.07, 6.45) is 0. The fourth-order valence-corrected chi connectivity index (χ4v) is 3.71. The Morgan fingerprint density at radius 1 is 1.43 bits per heavy atom. The van der Waals surface area contributed by atoms with Crippen LogP contribution in [-0.2, 0) is 21.4 Å². The molecule has 0 spiro atoms. The largest absolute Gasteiger partial charge is 0.495 e. The van der Waals surface area contributed by atoms with Crippen molar-refractivity contribution in [2.75, 3.05) is 33.4 Å². The van der Waals surface area contributed by atoms with Crippen LogP contribution in [0, 0.1) is 0 Å². The minimum Gasteiger partial charge on any atom is -0.495 e. The first-order valence-corrected chi connectivity index (χ1v) is 8.16. The van der Waals surface area contributed by atoms with Crippen LogP contribution < -0.4 is 9.57 Å². The van der Waals surface area contributed by atoms with E-state index in [4.69, 9.17) is 21.1 Å². The number of methoxy groups -OCH3 is 1. The predicted octanol–water partition coefficient (Wildman–Crippen LogP) is 0.366. The smallest absolute Gasteiger partial charge is 0.257 e. The van der Waals surface area contributed by atoms with Gasteiger partial charge >= 0.3 is 0 Å². The Morgan fingerprint density at radius 2 is 2.10 bits per heavy atom. The van der Waals surface area contributed by atoms with Crippen LogP contribution in [0.1, 0.15) is 5.56 Å². The molecule has 9 heteroatoms. The highest BCUT2D eigenvalue weighted by atomic mass is 35.5. The summed E-state index contributed by atoms with van der Waals surface area (Å²) < 4.78 is 35.3. The Morgan fingerprint density at radius 3 is 2.67 bits per heavy atom. The number of nitrogens with zero attached hydrogens (tertiary/aromatic N) is 1. The van der Waals surface area contributed by atoms with Gasteiger partial charge in [0, 0.05) is 23.7 Å². The number of aliphatic hydroxyl groups excluding tert-OH is 1. The maximum absolute atomic E-state index is 12.5. The Bertz CT molecular complexity index is 602. The zero-order valence-electron chi connectivity index (χ0n) is 11.5. The van der Waals surface area contributed by atoms with Crippen molar-refractivity contribution in [3.63, 3.8) is 0 Å². The van der Waals surface area contributed by atoms with E-state index in [-0.39, 0.29) is 22.3 Å². The van der Waals surface area contributed by atoms with Gasteiger partial charge in [0.15, 0.2) is 0 Å². The first-order valence-electron chi connectivity index (χ1n) is 6.30. The molecule has 2 rings (SSSR count). The molecule has 2 N–H and O–H groups in total. The van der Waals surface area contributed by atoms with Crippen molar-refractivity contribution >= 4 is 21.6 Å². The van der Waals surface area contributed by atoms with Gasteiger partial charge in [0.05, 0.1) is 26.9 Å². The normalized spacial score (nSPS) is 16.9. The number of benzene rings is 1. The molecule has 0 bridgehead atoms. The van der Waals surface area contributed by atoms with Gasteiger partial charge in [-0.1, -0.05) is 11.6 Å². The van der Waals surface area contributed by atoms with Crippen LogP contribution in [0.3, 0.4) is 0 Å². The summed E-state index contributed by atoms with van der Waals surface area (Å²) in [4.78, 5) is 2.37. The maximum Gasteiger partial charge on any atom is 0.257 e. The van der Waals surface area contributed by atoms with Crippen molar-refractivity contribution in [1.29, 1.82) is 0 Å². The van der Waals surface area contributed by atoms with Crippen LogP contribution in [0.2, 0.25) is 5.02 Å². The topological polar surface area (TPSA) is 88.1 Å². The van der Waals surface area contributed by atoms with Crippen LogP contribution in [0.4, 0.5) is 0 Å². The lowest BCUT2D eigenvalue weighted by Gasteiger charge is -2.27. The molecule has 21 heavy (non-hydrogen) atoms. The number of aliphatic hydroxyl groups is 1. The van der Waals surface area contributed by atoms with Gasteiger partial charge < -0.3 is 14.6 Å². The first-order chi connectivity index (χ1) is 9.97. The summed E-state index contributed by atoms with van der Waals surface area (Å²) in [5.41, 5.74) is 0.312. The molecule has 1 aliphatic rings. The molecular weight excluding hydrogens is 320 g/mol. The Kier molecular flexibility index (Phi) is 5.42. The average Bonchev–Trinajstić information content (AvgIpc) is 2.46. The van der Waals surface area contributed by atoms with E-state index < -0.39 is 10.0 Å². The molecule has 1 aliphatic heterocycles. The third kappa shape index (κ3) is 3.85. The monoisotopic (exact) mass is 336 g/mol. The van der Waals surface area contributed by atoms with E-state index >= 15 is 0 Å². The van der Waals surface area contributed by atoms with Crippen molar-refractivity contribution in [1.82, 2.24) is 9.84 Å². The molecule has 1 aromatic carbocycles. The summed E-state index contributed by atoms with van der Waals surface area (Å²) in [5, 5.41) is 11.1. The Balaban J connectivity index is 2.36. The zero-order valence-corrected chi connectivity index (χ0v) is 13.1. The number of sulfonamides is 1.